The smallest absolute Gasteiger partial charge is 0.324 e. The lowest BCUT2D eigenvalue weighted by atomic mass is 10.0. The molecule has 2 aromatic carbocycles. The predicted octanol–water partition coefficient (Wildman–Crippen LogP) is 5.46. The monoisotopic (exact) mass is 688 g/mol. The molecule has 0 spiro atoms. The molecule has 0 unspecified atom stereocenters. The van der Waals surface area contributed by atoms with Crippen LogP contribution < -0.4 is 14.8 Å². The number of hydrogen-bond donors (Lipinski definition) is 3. The minimum Gasteiger partial charge on any atom is -0.488 e. The quantitative estimate of drug-likeness (QED) is 0.252. The van der Waals surface area contributed by atoms with Crippen LogP contribution in [-0.2, 0) is 26.0 Å². The molecule has 3 N–H and O–H groups in total. The molecule has 3 aliphatic rings. The van der Waals surface area contributed by atoms with Crippen molar-refractivity contribution in [3.8, 4) is 17.0 Å². The van der Waals surface area contributed by atoms with Crippen molar-refractivity contribution in [3.05, 3.63) is 72.8 Å². The molecule has 3 aromatic rings. The SMILES string of the molecule is C=C[C@@H]1C[C@]1(NC[C@@H]1C[C@@H]2CN1C(=O)[C@H](CCCC)NS(=O)(=O)CCCCCCc1ccc3nc(-c4ccccc4)cc(c3c1)O2)C(=O)O. The van der Waals surface area contributed by atoms with E-state index in [4.69, 9.17) is 9.72 Å². The second kappa shape index (κ2) is 15.0. The highest BCUT2D eigenvalue weighted by molar-refractivity contribution is 7.89. The number of benzene rings is 2. The van der Waals surface area contributed by atoms with Gasteiger partial charge in [-0.15, -0.1) is 6.58 Å². The van der Waals surface area contributed by atoms with Crippen molar-refractivity contribution < 1.29 is 27.9 Å². The Labute approximate surface area is 289 Å². The van der Waals surface area contributed by atoms with Crippen LogP contribution in [0.2, 0.25) is 0 Å². The summed E-state index contributed by atoms with van der Waals surface area (Å²) in [4.78, 5) is 33.3. The second-order valence-corrected chi connectivity index (χ2v) is 15.7. The van der Waals surface area contributed by atoms with Gasteiger partial charge in [0.2, 0.25) is 15.9 Å². The Morgan fingerprint density at radius 1 is 1.16 bits per heavy atom. The topological polar surface area (TPSA) is 138 Å². The summed E-state index contributed by atoms with van der Waals surface area (Å²) in [6.07, 6.45) is 7.99. The van der Waals surface area contributed by atoms with Crippen LogP contribution >= 0.6 is 0 Å². The van der Waals surface area contributed by atoms with Crippen LogP contribution in [0.15, 0.2) is 67.3 Å². The number of fused-ring (bicyclic) bond motifs is 3. The zero-order valence-corrected chi connectivity index (χ0v) is 29.1. The van der Waals surface area contributed by atoms with Gasteiger partial charge >= 0.3 is 5.97 Å². The van der Waals surface area contributed by atoms with E-state index in [1.807, 2.05) is 49.4 Å². The lowest BCUT2D eigenvalue weighted by Gasteiger charge is -2.30. The van der Waals surface area contributed by atoms with Crippen molar-refractivity contribution in [2.75, 3.05) is 18.8 Å². The van der Waals surface area contributed by atoms with E-state index in [9.17, 15) is 23.1 Å². The Bertz CT molecular complexity index is 1780. The van der Waals surface area contributed by atoms with Gasteiger partial charge in [-0.2, -0.15) is 0 Å². The second-order valence-electron chi connectivity index (χ2n) is 13.8. The summed E-state index contributed by atoms with van der Waals surface area (Å²) >= 11 is 0. The number of aryl methyl sites for hydroxylation is 1. The third-order valence-electron chi connectivity index (χ3n) is 10.3. The molecule has 1 saturated carbocycles. The van der Waals surface area contributed by atoms with Gasteiger partial charge in [-0.3, -0.25) is 14.9 Å². The Balaban J connectivity index is 1.37. The number of rotatable bonds is 9. The molecular formula is C38H48N4O6S. The number of carboxylic acid groups (broad SMARTS) is 1. The van der Waals surface area contributed by atoms with Crippen molar-refractivity contribution in [1.29, 1.82) is 0 Å². The summed E-state index contributed by atoms with van der Waals surface area (Å²) in [5.74, 6) is -0.804. The van der Waals surface area contributed by atoms with Crippen molar-refractivity contribution in [2.45, 2.75) is 94.9 Å². The molecule has 2 fully saturated rings. The highest BCUT2D eigenvalue weighted by Crippen LogP contribution is 2.45. The minimum atomic E-state index is -3.70. The van der Waals surface area contributed by atoms with Crippen LogP contribution in [0, 0.1) is 5.92 Å². The molecule has 5 atom stereocenters. The number of sulfonamides is 1. The molecule has 11 heteroatoms. The number of carbonyl (C=O) groups is 2. The first kappa shape index (κ1) is 35.0. The van der Waals surface area contributed by atoms with Crippen LogP contribution in [0.25, 0.3) is 22.2 Å². The fourth-order valence-corrected chi connectivity index (χ4v) is 8.70. The van der Waals surface area contributed by atoms with E-state index in [0.717, 1.165) is 59.8 Å². The molecule has 1 aromatic heterocycles. The van der Waals surface area contributed by atoms with Crippen LogP contribution in [-0.4, -0.2) is 77.9 Å². The molecule has 1 saturated heterocycles. The van der Waals surface area contributed by atoms with Crippen molar-refractivity contribution in [3.63, 3.8) is 0 Å². The third kappa shape index (κ3) is 8.00. The van der Waals surface area contributed by atoms with Gasteiger partial charge in [0.05, 0.1) is 23.5 Å². The van der Waals surface area contributed by atoms with Gasteiger partial charge in [0, 0.05) is 41.9 Å². The molecule has 49 heavy (non-hydrogen) atoms. The fraction of sp³-hybridized carbons (Fsp3) is 0.500. The molecule has 1 aliphatic carbocycles. The molecule has 1 amide bonds. The Morgan fingerprint density at radius 3 is 2.69 bits per heavy atom. The van der Waals surface area contributed by atoms with E-state index in [2.05, 4.69) is 28.8 Å². The van der Waals surface area contributed by atoms with E-state index in [1.165, 1.54) is 0 Å². The predicted molar refractivity (Wildman–Crippen MR) is 191 cm³/mol. The van der Waals surface area contributed by atoms with Crippen LogP contribution in [0.1, 0.15) is 70.3 Å². The molecule has 3 heterocycles. The number of carbonyl (C=O) groups excluding carboxylic acids is 1. The third-order valence-corrected chi connectivity index (χ3v) is 11.8. The number of pyridine rings is 1. The summed E-state index contributed by atoms with van der Waals surface area (Å²) in [5, 5.41) is 14.2. The zero-order valence-electron chi connectivity index (χ0n) is 28.3. The van der Waals surface area contributed by atoms with Crippen LogP contribution in [0.4, 0.5) is 0 Å². The van der Waals surface area contributed by atoms with E-state index < -0.39 is 39.7 Å². The largest absolute Gasteiger partial charge is 0.488 e. The lowest BCUT2D eigenvalue weighted by molar-refractivity contribution is -0.141. The average Bonchev–Trinajstić information content (AvgIpc) is 3.70. The highest BCUT2D eigenvalue weighted by Gasteiger charge is 2.59. The first-order valence-corrected chi connectivity index (χ1v) is 19.3. The van der Waals surface area contributed by atoms with Crippen LogP contribution in [0.5, 0.6) is 5.75 Å². The summed E-state index contributed by atoms with van der Waals surface area (Å²) < 4.78 is 36.1. The number of aromatic nitrogens is 1. The molecular weight excluding hydrogens is 641 g/mol. The number of amides is 1. The highest BCUT2D eigenvalue weighted by atomic mass is 32.2. The standard InChI is InChI=1S/C38H48N4O6S/c1-3-5-16-33-36(43)42-25-30(21-29(42)24-39-38(37(44)45)23-28(38)4-2)48-35-22-34(27-14-10-8-11-15-27)40-32-18-17-26(20-31(32)35)13-9-6-7-12-19-49(46,47)41-33/h4,8,10-11,14-15,17-18,20,22,28-30,33,39,41H,2-3,5-7,9,12-13,16,19,21,23-25H2,1H3,(H,44,45)/t28-,29+,30-,33+,38-/m1/s1. The Morgan fingerprint density at radius 2 is 1.96 bits per heavy atom. The first-order chi connectivity index (χ1) is 23.6. The van der Waals surface area contributed by atoms with Crippen molar-refractivity contribution in [1.82, 2.24) is 19.9 Å². The lowest BCUT2D eigenvalue weighted by Crippen LogP contribution is -2.54. The number of nitrogens with one attached hydrogen (secondary N) is 2. The van der Waals surface area contributed by atoms with Crippen molar-refractivity contribution >= 4 is 32.8 Å². The molecule has 0 radical (unpaired) electrons. The summed E-state index contributed by atoms with van der Waals surface area (Å²) in [6.45, 7) is 6.28. The average molecular weight is 689 g/mol. The summed E-state index contributed by atoms with van der Waals surface area (Å²) in [7, 11) is -3.70. The van der Waals surface area contributed by atoms with Gasteiger partial charge in [0.1, 0.15) is 23.4 Å². The van der Waals surface area contributed by atoms with E-state index in [1.54, 1.807) is 11.0 Å². The first-order valence-electron chi connectivity index (χ1n) is 17.7. The summed E-state index contributed by atoms with van der Waals surface area (Å²) in [6, 6.07) is 16.9. The van der Waals surface area contributed by atoms with Crippen molar-refractivity contribution in [2.24, 2.45) is 5.92 Å². The van der Waals surface area contributed by atoms with Gasteiger partial charge in [-0.05, 0) is 49.8 Å². The van der Waals surface area contributed by atoms with E-state index in [-0.39, 0.29) is 30.7 Å². The van der Waals surface area contributed by atoms with Gasteiger partial charge < -0.3 is 14.7 Å². The zero-order chi connectivity index (χ0) is 34.6. The fourth-order valence-electron chi connectivity index (χ4n) is 7.34. The summed E-state index contributed by atoms with van der Waals surface area (Å²) in [5.41, 5.74) is 2.60. The number of ether oxygens (including phenoxy) is 1. The van der Waals surface area contributed by atoms with Gasteiger partial charge in [-0.25, -0.2) is 18.1 Å². The van der Waals surface area contributed by atoms with E-state index in [0.29, 0.717) is 37.9 Å². The van der Waals surface area contributed by atoms with Gasteiger partial charge in [-0.1, -0.05) is 75.1 Å². The number of carboxylic acids is 1. The Hall–Kier alpha value is -3.80. The molecule has 6 rings (SSSR count). The Kier molecular flexibility index (Phi) is 10.7. The van der Waals surface area contributed by atoms with E-state index >= 15 is 0 Å². The van der Waals surface area contributed by atoms with Gasteiger partial charge in [0.15, 0.2) is 0 Å². The maximum absolute atomic E-state index is 14.3. The molecule has 262 valence electrons. The van der Waals surface area contributed by atoms with Gasteiger partial charge in [0.25, 0.3) is 0 Å². The minimum absolute atomic E-state index is 0.0293. The number of hydrogen-bond acceptors (Lipinski definition) is 7. The maximum Gasteiger partial charge on any atom is 0.324 e. The molecule has 4 bridgehead atoms. The number of unbranched alkanes of at least 4 members (excludes halogenated alkanes) is 1. The number of aliphatic carboxylic acids is 1. The normalized spacial score (nSPS) is 27.3. The molecule has 10 nitrogen and oxygen atoms in total. The van der Waals surface area contributed by atoms with Crippen LogP contribution in [0.3, 0.4) is 0 Å². The number of nitrogens with zero attached hydrogens (tertiary/aromatic N) is 2. The maximum atomic E-state index is 14.3. The molecule has 2 aliphatic heterocycles.